The summed E-state index contributed by atoms with van der Waals surface area (Å²) in [7, 11) is 0. The van der Waals surface area contributed by atoms with Crippen LogP contribution in [0.5, 0.6) is 0 Å². The van der Waals surface area contributed by atoms with Crippen LogP contribution in [0.25, 0.3) is 123 Å². The van der Waals surface area contributed by atoms with Crippen LogP contribution in [0.2, 0.25) is 0 Å². The molecule has 0 aliphatic heterocycles. The maximum atomic E-state index is 6.38. The Morgan fingerprint density at radius 2 is 0.900 bits per heavy atom. The van der Waals surface area contributed by atoms with Crippen LogP contribution in [0.4, 0.5) is 0 Å². The van der Waals surface area contributed by atoms with E-state index in [1.807, 2.05) is 91.0 Å². The largest absolute Gasteiger partial charge is 0.456 e. The van der Waals surface area contributed by atoms with Crippen molar-refractivity contribution in [1.29, 1.82) is 0 Å². The number of furan rings is 1. The number of hydrogen-bond acceptors (Lipinski definition) is 8. The molecule has 8 heteroatoms. The smallest absolute Gasteiger partial charge is 0.229 e. The molecule has 4 heterocycles. The molecule has 12 aromatic rings. The summed E-state index contributed by atoms with van der Waals surface area (Å²) in [4.78, 5) is 28.5. The van der Waals surface area contributed by atoms with Crippen LogP contribution in [0.1, 0.15) is 0 Å². The zero-order valence-electron chi connectivity index (χ0n) is 31.8. The predicted octanol–water partition coefficient (Wildman–Crippen LogP) is 13.0. The van der Waals surface area contributed by atoms with Gasteiger partial charge in [-0.15, -0.1) is 0 Å². The van der Waals surface area contributed by atoms with Crippen molar-refractivity contribution in [1.82, 2.24) is 29.9 Å². The summed E-state index contributed by atoms with van der Waals surface area (Å²) in [5, 5.41) is 4.29. The van der Waals surface area contributed by atoms with E-state index >= 15 is 0 Å². The van der Waals surface area contributed by atoms with Gasteiger partial charge in [0, 0.05) is 45.9 Å². The van der Waals surface area contributed by atoms with Gasteiger partial charge < -0.3 is 8.83 Å². The lowest BCUT2D eigenvalue weighted by atomic mass is 9.91. The molecule has 12 rings (SSSR count). The lowest BCUT2D eigenvalue weighted by molar-refractivity contribution is 0.620. The first-order valence-corrected chi connectivity index (χ1v) is 19.7. The molecule has 0 aliphatic carbocycles. The third-order valence-electron chi connectivity index (χ3n) is 11.1. The highest BCUT2D eigenvalue weighted by atomic mass is 16.4. The second kappa shape index (κ2) is 13.6. The molecule has 0 amide bonds. The van der Waals surface area contributed by atoms with Gasteiger partial charge in [0.15, 0.2) is 23.1 Å². The number of fused-ring (bicyclic) bond motifs is 6. The van der Waals surface area contributed by atoms with Gasteiger partial charge in [-0.05, 0) is 63.4 Å². The van der Waals surface area contributed by atoms with E-state index < -0.39 is 0 Å². The number of nitrogens with zero attached hydrogens (tertiary/aromatic N) is 6. The summed E-state index contributed by atoms with van der Waals surface area (Å²) < 4.78 is 12.7. The van der Waals surface area contributed by atoms with Gasteiger partial charge in [-0.2, -0.15) is 0 Å². The Bertz CT molecular complexity index is 3540. The molecule has 0 atom stereocenters. The lowest BCUT2D eigenvalue weighted by Gasteiger charge is -2.13. The van der Waals surface area contributed by atoms with Crippen LogP contribution in [0.3, 0.4) is 0 Å². The molecule has 0 spiro atoms. The monoisotopic (exact) mass is 770 g/mol. The second-order valence-electron chi connectivity index (χ2n) is 14.7. The van der Waals surface area contributed by atoms with E-state index in [2.05, 4.69) is 88.8 Å². The van der Waals surface area contributed by atoms with Crippen LogP contribution in [0, 0.1) is 0 Å². The first kappa shape index (κ1) is 33.7. The highest BCUT2D eigenvalue weighted by Gasteiger charge is 2.18. The predicted molar refractivity (Wildman–Crippen MR) is 238 cm³/mol. The Balaban J connectivity index is 0.910. The van der Waals surface area contributed by atoms with Gasteiger partial charge in [0.2, 0.25) is 5.89 Å². The molecule has 4 aromatic heterocycles. The molecular weight excluding hydrogens is 741 g/mol. The summed E-state index contributed by atoms with van der Waals surface area (Å²) in [6, 6.07) is 57.8. The molecule has 0 N–H and O–H groups in total. The first-order chi connectivity index (χ1) is 29.7. The standard InChI is InChI=1S/C52H30N6O2/c1-3-10-32(11-4-1)49-56-50(33-12-5-2-6-13-33)58-51(57-49)34-20-18-31(19-21-34)36-23-24-37(39-15-8-7-14-38(36)39)35-22-25-45-41(28-35)42-29-47-44(30-46(42)59-45)55-52(60-47)40-16-9-17-43-48(40)54-27-26-53-43/h1-30H. The molecule has 0 radical (unpaired) electrons. The molecule has 280 valence electrons. The van der Waals surface area contributed by atoms with Crippen LogP contribution in [-0.2, 0) is 0 Å². The quantitative estimate of drug-likeness (QED) is 0.165. The van der Waals surface area contributed by atoms with E-state index in [-0.39, 0.29) is 0 Å². The Kier molecular flexibility index (Phi) is 7.67. The Morgan fingerprint density at radius 1 is 0.317 bits per heavy atom. The van der Waals surface area contributed by atoms with Crippen molar-refractivity contribution in [2.24, 2.45) is 0 Å². The van der Waals surface area contributed by atoms with E-state index in [4.69, 9.17) is 28.8 Å². The first-order valence-electron chi connectivity index (χ1n) is 19.7. The third kappa shape index (κ3) is 5.69. The van der Waals surface area contributed by atoms with Crippen molar-refractivity contribution in [2.75, 3.05) is 0 Å². The summed E-state index contributed by atoms with van der Waals surface area (Å²) in [5.74, 6) is 2.40. The van der Waals surface area contributed by atoms with Gasteiger partial charge in [0.25, 0.3) is 0 Å². The van der Waals surface area contributed by atoms with Crippen LogP contribution >= 0.6 is 0 Å². The zero-order valence-corrected chi connectivity index (χ0v) is 31.8. The van der Waals surface area contributed by atoms with E-state index in [9.17, 15) is 0 Å². The Hall–Kier alpha value is -8.36. The fourth-order valence-corrected chi connectivity index (χ4v) is 8.18. The number of oxazole rings is 1. The number of rotatable bonds is 6. The van der Waals surface area contributed by atoms with Gasteiger partial charge >= 0.3 is 0 Å². The van der Waals surface area contributed by atoms with Crippen LogP contribution in [0.15, 0.2) is 191 Å². The van der Waals surface area contributed by atoms with E-state index in [1.54, 1.807) is 12.4 Å². The minimum absolute atomic E-state index is 0.495. The summed E-state index contributed by atoms with van der Waals surface area (Å²) in [6.07, 6.45) is 3.37. The Labute approximate surface area is 342 Å². The van der Waals surface area contributed by atoms with Crippen LogP contribution in [-0.4, -0.2) is 29.9 Å². The minimum atomic E-state index is 0.495. The maximum Gasteiger partial charge on any atom is 0.229 e. The van der Waals surface area contributed by atoms with E-state index in [0.29, 0.717) is 28.9 Å². The molecule has 0 saturated carbocycles. The molecule has 0 bridgehead atoms. The fourth-order valence-electron chi connectivity index (χ4n) is 8.18. The maximum absolute atomic E-state index is 6.38. The van der Waals surface area contributed by atoms with Crippen molar-refractivity contribution in [3.05, 3.63) is 182 Å². The highest BCUT2D eigenvalue weighted by Crippen LogP contribution is 2.40. The average Bonchev–Trinajstić information content (AvgIpc) is 3.90. The van der Waals surface area contributed by atoms with Crippen molar-refractivity contribution in [3.8, 4) is 67.9 Å². The molecule has 60 heavy (non-hydrogen) atoms. The molecule has 8 aromatic carbocycles. The molecule has 0 aliphatic rings. The Morgan fingerprint density at radius 3 is 1.60 bits per heavy atom. The highest BCUT2D eigenvalue weighted by molar-refractivity contribution is 6.12. The third-order valence-corrected chi connectivity index (χ3v) is 11.1. The average molecular weight is 771 g/mol. The topological polar surface area (TPSA) is 104 Å². The summed E-state index contributed by atoms with van der Waals surface area (Å²) in [5.41, 5.74) is 12.5. The molecule has 0 unspecified atom stereocenters. The molecule has 0 fully saturated rings. The molecular formula is C52H30N6O2. The van der Waals surface area contributed by atoms with E-state index in [0.717, 1.165) is 93.8 Å². The number of hydrogen-bond donors (Lipinski definition) is 0. The summed E-state index contributed by atoms with van der Waals surface area (Å²) in [6.45, 7) is 0. The number of para-hydroxylation sites is 1. The number of aromatic nitrogens is 6. The van der Waals surface area contributed by atoms with Gasteiger partial charge in [0.1, 0.15) is 22.2 Å². The van der Waals surface area contributed by atoms with Crippen LogP contribution < -0.4 is 0 Å². The number of benzene rings is 8. The van der Waals surface area contributed by atoms with Crippen molar-refractivity contribution < 1.29 is 8.83 Å². The van der Waals surface area contributed by atoms with Gasteiger partial charge in [-0.3, -0.25) is 9.97 Å². The van der Waals surface area contributed by atoms with Crippen molar-refractivity contribution >= 4 is 54.8 Å². The second-order valence-corrected chi connectivity index (χ2v) is 14.7. The van der Waals surface area contributed by atoms with E-state index in [1.165, 1.54) is 0 Å². The van der Waals surface area contributed by atoms with Gasteiger partial charge in [-0.25, -0.2) is 19.9 Å². The van der Waals surface area contributed by atoms with Gasteiger partial charge in [0.05, 0.1) is 11.1 Å². The van der Waals surface area contributed by atoms with Crippen molar-refractivity contribution in [3.63, 3.8) is 0 Å². The lowest BCUT2D eigenvalue weighted by Crippen LogP contribution is -2.00. The SMILES string of the molecule is c1ccc(-c2nc(-c3ccccc3)nc(-c3ccc(-c4ccc(-c5ccc6oc7cc8nc(-c9cccc%10nccnc9%10)oc8cc7c6c5)c5ccccc45)cc3)n2)cc1. The zero-order chi connectivity index (χ0) is 39.6. The molecule has 8 nitrogen and oxygen atoms in total. The fraction of sp³-hybridized carbons (Fsp3) is 0. The molecule has 0 saturated heterocycles. The van der Waals surface area contributed by atoms with Gasteiger partial charge in [-0.1, -0.05) is 133 Å². The minimum Gasteiger partial charge on any atom is -0.456 e. The normalized spacial score (nSPS) is 11.7. The summed E-state index contributed by atoms with van der Waals surface area (Å²) >= 11 is 0. The van der Waals surface area contributed by atoms with Crippen molar-refractivity contribution in [2.45, 2.75) is 0 Å².